The lowest BCUT2D eigenvalue weighted by Gasteiger charge is -2.26. The first kappa shape index (κ1) is 72.1. The first-order chi connectivity index (χ1) is 53.3. The Morgan fingerprint density at radius 3 is 0.911 bits per heavy atom. The molecule has 112 heavy (non-hydrogen) atoms. The van der Waals surface area contributed by atoms with E-state index in [1.807, 2.05) is 36.4 Å². The van der Waals surface area contributed by atoms with Crippen LogP contribution in [0.5, 0.6) is 5.75 Å². The highest BCUT2D eigenvalue weighted by molar-refractivity contribution is 9.10. The van der Waals surface area contributed by atoms with Gasteiger partial charge in [-0.3, -0.25) is 0 Å². The molecular formula is C104H82BBr2O5. The van der Waals surface area contributed by atoms with Crippen LogP contribution in [0.25, 0.3) is 166 Å². The molecule has 0 saturated carbocycles. The lowest BCUT2D eigenvalue weighted by atomic mass is 9.77. The van der Waals surface area contributed by atoms with Gasteiger partial charge in [-0.15, -0.1) is 0 Å². The van der Waals surface area contributed by atoms with E-state index >= 15 is 0 Å². The second-order valence-corrected chi connectivity index (χ2v) is 33.9. The summed E-state index contributed by atoms with van der Waals surface area (Å²) in [4.78, 5) is 0. The third kappa shape index (κ3) is 11.3. The molecule has 0 saturated heterocycles. The zero-order valence-corrected chi connectivity index (χ0v) is 65.4. The van der Waals surface area contributed by atoms with Crippen LogP contribution in [-0.2, 0) is 21.7 Å². The van der Waals surface area contributed by atoms with E-state index in [1.54, 1.807) is 6.07 Å². The second-order valence-electron chi connectivity index (χ2n) is 32.1. The molecule has 545 valence electrons. The van der Waals surface area contributed by atoms with E-state index in [2.05, 4.69) is 342 Å². The van der Waals surface area contributed by atoms with Crippen LogP contribution in [0, 0.1) is 0 Å². The van der Waals surface area contributed by atoms with Crippen LogP contribution in [0.4, 0.5) is 0 Å². The SMILES string of the molecule is C.C.CC1(C)c2cc(-c3ccc4oc5ccc(-c6ccccc6)cc5c4c3)ccc2-c2c1ccc1c2C(C)(C)c2cc(-c3ccc4oc5ccc(-c6ccccc6)cc5c4c3)ccc2-1.CC1(C)c2cc(Br)ccc2-c2c1ccc1c2C(C)(C)c2cc(Br)ccc2-1.O[B]Oc1ccc2oc3ccc(-c4ccccc4)cc3c2c1. The van der Waals surface area contributed by atoms with Crippen molar-refractivity contribution in [3.63, 3.8) is 0 Å². The minimum Gasteiger partial charge on any atom is -0.537 e. The lowest BCUT2D eigenvalue weighted by molar-refractivity contribution is 0.454. The number of fused-ring (bicyclic) bond motifs is 23. The number of hydrogen-bond donors (Lipinski definition) is 1. The van der Waals surface area contributed by atoms with Gasteiger partial charge in [0, 0.05) is 62.9 Å². The van der Waals surface area contributed by atoms with E-state index in [9.17, 15) is 0 Å². The highest BCUT2D eigenvalue weighted by atomic mass is 79.9. The predicted molar refractivity (Wildman–Crippen MR) is 476 cm³/mol. The van der Waals surface area contributed by atoms with Crippen molar-refractivity contribution >= 4 is 105 Å². The molecule has 0 fully saturated rings. The molecule has 4 aliphatic rings. The highest BCUT2D eigenvalue weighted by Gasteiger charge is 2.47. The Balaban J connectivity index is 0.000000143. The van der Waals surface area contributed by atoms with E-state index in [0.717, 1.165) is 85.9 Å². The van der Waals surface area contributed by atoms with E-state index in [4.69, 9.17) is 22.9 Å². The minimum absolute atomic E-state index is 0. The molecule has 0 aliphatic heterocycles. The summed E-state index contributed by atoms with van der Waals surface area (Å²) in [5.41, 5.74) is 39.3. The number of benzene rings is 15. The monoisotopic (exact) mass is 1580 g/mol. The molecule has 0 unspecified atom stereocenters. The fourth-order valence-electron chi connectivity index (χ4n) is 18.8. The molecule has 0 bridgehead atoms. The predicted octanol–water partition coefficient (Wildman–Crippen LogP) is 30.0. The first-order valence-electron chi connectivity index (χ1n) is 37.7. The summed E-state index contributed by atoms with van der Waals surface area (Å²) in [6.07, 6.45) is 0. The van der Waals surface area contributed by atoms with Crippen LogP contribution < -0.4 is 4.65 Å². The Labute approximate surface area is 671 Å². The smallest absolute Gasteiger partial charge is 0.537 e. The summed E-state index contributed by atoms with van der Waals surface area (Å²) in [5.74, 6) is 0.572. The van der Waals surface area contributed by atoms with Crippen LogP contribution in [0.15, 0.2) is 319 Å². The maximum Gasteiger partial charge on any atom is 0.569 e. The molecule has 5 nitrogen and oxygen atoms in total. The standard InChI is InChI=1S/C60H42O2.C24H20Br2.C18H12BO3.2CH4/c1-59(2)50-24-23-44-43-21-15-41(39-19-27-55-48(31-39)46-29-37(17-25-53(46)61-55)35-11-7-5-8-12-35)33-51(43)60(3,4)58(44)57(50)45-22-16-42(34-52(45)59)40-20-28-56-49(32-40)47-30-38(18-26-54(47)62-56)36-13-9-6-10-14-36;1-23(2)18-10-9-16-15-7-5-13(25)11-19(15)24(3,4)22(16)21(18)17-8-6-14(26)12-20(17)23;20-19-22-14-7-9-18-16(11-14)15-10-13(6-8-17(15)21-18)12-4-2-1-3-5-12;;/h5-34H,1-4H3;5-12H,1-4H3;1-11,20H;2*1H4. The van der Waals surface area contributed by atoms with Crippen molar-refractivity contribution in [2.24, 2.45) is 0 Å². The summed E-state index contributed by atoms with van der Waals surface area (Å²) in [6, 6.07) is 107. The molecule has 3 heterocycles. The van der Waals surface area contributed by atoms with Crippen molar-refractivity contribution in [1.29, 1.82) is 0 Å². The Hall–Kier alpha value is -11.5. The van der Waals surface area contributed by atoms with Gasteiger partial charge in [0.1, 0.15) is 39.2 Å². The maximum atomic E-state index is 8.78. The van der Waals surface area contributed by atoms with Crippen molar-refractivity contribution in [3.05, 3.63) is 351 Å². The minimum atomic E-state index is -0.203. The second kappa shape index (κ2) is 26.9. The van der Waals surface area contributed by atoms with Crippen molar-refractivity contribution < 1.29 is 22.9 Å². The van der Waals surface area contributed by atoms with E-state index < -0.39 is 0 Å². The largest absolute Gasteiger partial charge is 0.569 e. The van der Waals surface area contributed by atoms with Gasteiger partial charge >= 0.3 is 7.69 Å². The molecule has 1 N–H and O–H groups in total. The summed E-state index contributed by atoms with van der Waals surface area (Å²) in [6.45, 7) is 19.1. The molecule has 0 spiro atoms. The van der Waals surface area contributed by atoms with Gasteiger partial charge in [0.05, 0.1) is 0 Å². The average molecular weight is 1580 g/mol. The molecule has 3 aromatic heterocycles. The van der Waals surface area contributed by atoms with Gasteiger partial charge < -0.3 is 22.9 Å². The summed E-state index contributed by atoms with van der Waals surface area (Å²) in [5, 5.41) is 15.3. The van der Waals surface area contributed by atoms with Gasteiger partial charge in [-0.25, -0.2) is 0 Å². The van der Waals surface area contributed by atoms with Gasteiger partial charge in [0.25, 0.3) is 0 Å². The highest BCUT2D eigenvalue weighted by Crippen LogP contribution is 2.62. The number of halogens is 2. The zero-order valence-electron chi connectivity index (χ0n) is 62.2. The van der Waals surface area contributed by atoms with E-state index in [-0.39, 0.29) is 36.5 Å². The Bertz CT molecular complexity index is 6870. The van der Waals surface area contributed by atoms with Gasteiger partial charge in [0.2, 0.25) is 0 Å². The topological polar surface area (TPSA) is 68.9 Å². The fourth-order valence-corrected chi connectivity index (χ4v) is 19.5. The average Bonchev–Trinajstić information content (AvgIpc) is 1.53. The molecule has 1 radical (unpaired) electrons. The van der Waals surface area contributed by atoms with Crippen LogP contribution >= 0.6 is 31.9 Å². The molecule has 8 heteroatoms. The summed E-state index contributed by atoms with van der Waals surface area (Å²) < 4.78 is 25.9. The van der Waals surface area contributed by atoms with Gasteiger partial charge in [0.15, 0.2) is 0 Å². The number of rotatable bonds is 7. The van der Waals surface area contributed by atoms with Gasteiger partial charge in [-0.05, 0) is 260 Å². The normalized spacial score (nSPS) is 14.2. The van der Waals surface area contributed by atoms with Gasteiger partial charge in [-0.2, -0.15) is 0 Å². The molecule has 4 aliphatic carbocycles. The third-order valence-electron chi connectivity index (χ3n) is 24.4. The fraction of sp³-hybridized carbons (Fsp3) is 0.135. The van der Waals surface area contributed by atoms with Crippen LogP contribution in [0.2, 0.25) is 0 Å². The molecule has 18 aromatic rings. The van der Waals surface area contributed by atoms with E-state index in [1.165, 1.54) is 134 Å². The number of furan rings is 3. The van der Waals surface area contributed by atoms with Crippen molar-refractivity contribution in [3.8, 4) is 106 Å². The molecule has 0 amide bonds. The third-order valence-corrected chi connectivity index (χ3v) is 25.4. The van der Waals surface area contributed by atoms with Crippen LogP contribution in [0.1, 0.15) is 115 Å². The first-order valence-corrected chi connectivity index (χ1v) is 39.3. The lowest BCUT2D eigenvalue weighted by Crippen LogP contribution is -2.18. The Kier molecular flexibility index (Phi) is 17.3. The van der Waals surface area contributed by atoms with Crippen LogP contribution in [-0.4, -0.2) is 12.7 Å². The molecule has 15 aromatic carbocycles. The summed E-state index contributed by atoms with van der Waals surface area (Å²) in [7, 11) is 0.679. The Morgan fingerprint density at radius 2 is 0.536 bits per heavy atom. The molecule has 0 atom stereocenters. The number of hydrogen-bond acceptors (Lipinski definition) is 5. The summed E-state index contributed by atoms with van der Waals surface area (Å²) >= 11 is 7.34. The van der Waals surface area contributed by atoms with Crippen molar-refractivity contribution in [2.75, 3.05) is 0 Å². The Morgan fingerprint density at radius 1 is 0.259 bits per heavy atom. The zero-order chi connectivity index (χ0) is 74.9. The quantitative estimate of drug-likeness (QED) is 0.161. The van der Waals surface area contributed by atoms with Crippen molar-refractivity contribution in [2.45, 2.75) is 91.9 Å². The van der Waals surface area contributed by atoms with Crippen LogP contribution in [0.3, 0.4) is 0 Å². The molecular weight excluding hydrogens is 1500 g/mol. The van der Waals surface area contributed by atoms with Gasteiger partial charge in [-0.1, -0.05) is 284 Å². The van der Waals surface area contributed by atoms with Crippen molar-refractivity contribution in [1.82, 2.24) is 0 Å². The molecule has 22 rings (SSSR count). The maximum absolute atomic E-state index is 8.78. The van der Waals surface area contributed by atoms with E-state index in [0.29, 0.717) is 13.4 Å².